The van der Waals surface area contributed by atoms with Crippen LogP contribution in [0.5, 0.6) is 0 Å². The van der Waals surface area contributed by atoms with Gasteiger partial charge in [0.25, 0.3) is 0 Å². The van der Waals surface area contributed by atoms with Crippen LogP contribution in [0.2, 0.25) is 0 Å². The highest BCUT2D eigenvalue weighted by atomic mass is 32.2. The molecule has 3 N–H and O–H groups in total. The Morgan fingerprint density at radius 2 is 1.88 bits per heavy atom. The minimum absolute atomic E-state index is 0.0551. The number of rotatable bonds is 5. The first kappa shape index (κ1) is 13.9. The molecule has 0 aliphatic rings. The van der Waals surface area contributed by atoms with Gasteiger partial charge in [0.05, 0.1) is 12.4 Å². The quantitative estimate of drug-likeness (QED) is 0.623. The lowest BCUT2D eigenvalue weighted by Gasteiger charge is -2.11. The summed E-state index contributed by atoms with van der Waals surface area (Å²) in [6, 6.07) is 3.15. The molecular formula is C11H17FN2O2S. The Morgan fingerprint density at radius 1 is 1.29 bits per heavy atom. The summed E-state index contributed by atoms with van der Waals surface area (Å²) in [6.45, 7) is 3.20. The number of hydrogen-bond acceptors (Lipinski definition) is 3. The van der Waals surface area contributed by atoms with Crippen LogP contribution in [0.15, 0.2) is 17.0 Å². The molecule has 4 nitrogen and oxygen atoms in total. The van der Waals surface area contributed by atoms with E-state index in [0.29, 0.717) is 0 Å². The van der Waals surface area contributed by atoms with Crippen LogP contribution in [-0.4, -0.2) is 21.6 Å². The van der Waals surface area contributed by atoms with E-state index in [-0.39, 0.29) is 23.5 Å². The van der Waals surface area contributed by atoms with Crippen molar-refractivity contribution < 1.29 is 12.8 Å². The van der Waals surface area contributed by atoms with Gasteiger partial charge in [0.1, 0.15) is 4.90 Å². The summed E-state index contributed by atoms with van der Waals surface area (Å²) in [5, 5.41) is 0. The molecule has 0 radical (unpaired) electrons. The van der Waals surface area contributed by atoms with Crippen LogP contribution >= 0.6 is 0 Å². The molecule has 96 valence electrons. The average molecular weight is 260 g/mol. The third-order valence-corrected chi connectivity index (χ3v) is 4.03. The Bertz CT molecular complexity index is 500. The third-order valence-electron chi connectivity index (χ3n) is 2.52. The van der Waals surface area contributed by atoms with E-state index in [1.165, 1.54) is 6.07 Å². The number of halogens is 1. The molecule has 0 saturated carbocycles. The van der Waals surface area contributed by atoms with Crippen molar-refractivity contribution in [2.45, 2.75) is 25.2 Å². The summed E-state index contributed by atoms with van der Waals surface area (Å²) in [6.07, 6.45) is 0.157. The van der Waals surface area contributed by atoms with E-state index in [2.05, 4.69) is 4.72 Å². The van der Waals surface area contributed by atoms with E-state index >= 15 is 0 Å². The number of nitrogens with one attached hydrogen (secondary N) is 1. The van der Waals surface area contributed by atoms with Crippen molar-refractivity contribution >= 4 is 15.7 Å². The van der Waals surface area contributed by atoms with Gasteiger partial charge in [-0.1, -0.05) is 0 Å². The molecule has 0 saturated heterocycles. The summed E-state index contributed by atoms with van der Waals surface area (Å²) in [5.74, 6) is 0. The van der Waals surface area contributed by atoms with Crippen molar-refractivity contribution in [1.82, 2.24) is 4.72 Å². The Balaban J connectivity index is 3.03. The second-order valence-electron chi connectivity index (χ2n) is 3.91. The number of aryl methyl sites for hydroxylation is 2. The molecule has 0 aliphatic heterocycles. The van der Waals surface area contributed by atoms with Crippen molar-refractivity contribution in [1.29, 1.82) is 0 Å². The number of alkyl halides is 1. The van der Waals surface area contributed by atoms with Crippen LogP contribution in [0.3, 0.4) is 0 Å². The fraction of sp³-hybridized carbons (Fsp3) is 0.455. The fourth-order valence-corrected chi connectivity index (χ4v) is 2.67. The average Bonchev–Trinajstić information content (AvgIpc) is 2.23. The normalized spacial score (nSPS) is 11.7. The number of benzene rings is 1. The van der Waals surface area contributed by atoms with Gasteiger partial charge >= 0.3 is 0 Å². The minimum Gasteiger partial charge on any atom is -0.398 e. The van der Waals surface area contributed by atoms with Crippen molar-refractivity contribution in [2.75, 3.05) is 19.0 Å². The summed E-state index contributed by atoms with van der Waals surface area (Å²) in [5.41, 5.74) is 7.68. The Kier molecular flexibility index (Phi) is 4.47. The largest absolute Gasteiger partial charge is 0.398 e. The van der Waals surface area contributed by atoms with Crippen molar-refractivity contribution in [3.8, 4) is 0 Å². The van der Waals surface area contributed by atoms with E-state index in [9.17, 15) is 12.8 Å². The van der Waals surface area contributed by atoms with Crippen molar-refractivity contribution in [3.05, 3.63) is 23.3 Å². The van der Waals surface area contributed by atoms with Crippen LogP contribution in [0, 0.1) is 13.8 Å². The number of anilines is 1. The number of nitrogens with two attached hydrogens (primary N) is 1. The molecule has 0 heterocycles. The van der Waals surface area contributed by atoms with E-state index < -0.39 is 16.7 Å². The zero-order chi connectivity index (χ0) is 13.1. The molecule has 0 bridgehead atoms. The summed E-state index contributed by atoms with van der Waals surface area (Å²) >= 11 is 0. The lowest BCUT2D eigenvalue weighted by molar-refractivity contribution is 0.470. The van der Waals surface area contributed by atoms with Crippen LogP contribution in [-0.2, 0) is 10.0 Å². The van der Waals surface area contributed by atoms with Gasteiger partial charge in [0.2, 0.25) is 10.0 Å². The molecule has 0 unspecified atom stereocenters. The molecule has 1 aromatic carbocycles. The monoisotopic (exact) mass is 260 g/mol. The maximum atomic E-state index is 11.9. The van der Waals surface area contributed by atoms with Crippen LogP contribution in [0.25, 0.3) is 0 Å². The topological polar surface area (TPSA) is 72.2 Å². The smallest absolute Gasteiger partial charge is 0.242 e. The van der Waals surface area contributed by atoms with E-state index in [1.807, 2.05) is 13.8 Å². The third kappa shape index (κ3) is 3.41. The van der Waals surface area contributed by atoms with Gasteiger partial charge in [0.15, 0.2) is 0 Å². The van der Waals surface area contributed by atoms with Gasteiger partial charge in [-0.25, -0.2) is 13.1 Å². The lowest BCUT2D eigenvalue weighted by Crippen LogP contribution is -2.26. The van der Waals surface area contributed by atoms with Gasteiger partial charge in [-0.05, 0) is 43.5 Å². The second-order valence-corrected chi connectivity index (χ2v) is 5.65. The summed E-state index contributed by atoms with van der Waals surface area (Å²) in [7, 11) is -3.64. The highest BCUT2D eigenvalue weighted by molar-refractivity contribution is 7.89. The highest BCUT2D eigenvalue weighted by Gasteiger charge is 2.17. The molecular weight excluding hydrogens is 243 g/mol. The number of nitrogen functional groups attached to an aromatic ring is 1. The van der Waals surface area contributed by atoms with Gasteiger partial charge in [-0.15, -0.1) is 0 Å². The van der Waals surface area contributed by atoms with E-state index in [4.69, 9.17) is 5.73 Å². The zero-order valence-corrected chi connectivity index (χ0v) is 10.8. The van der Waals surface area contributed by atoms with E-state index in [1.54, 1.807) is 6.07 Å². The molecule has 17 heavy (non-hydrogen) atoms. The predicted octanol–water partition coefficient (Wildman–Crippen LogP) is 1.52. The molecule has 6 heteroatoms. The number of hydrogen-bond donors (Lipinski definition) is 2. The SMILES string of the molecule is Cc1cc(N)c(S(=O)(=O)NCCCF)cc1C. The summed E-state index contributed by atoms with van der Waals surface area (Å²) < 4.78 is 38.0. The first-order valence-corrected chi connectivity index (χ1v) is 6.79. The summed E-state index contributed by atoms with van der Waals surface area (Å²) in [4.78, 5) is 0.0551. The maximum Gasteiger partial charge on any atom is 0.242 e. The zero-order valence-electron chi connectivity index (χ0n) is 9.96. The van der Waals surface area contributed by atoms with Gasteiger partial charge in [0, 0.05) is 6.54 Å². The van der Waals surface area contributed by atoms with Crippen molar-refractivity contribution in [3.63, 3.8) is 0 Å². The van der Waals surface area contributed by atoms with Crippen LogP contribution in [0.1, 0.15) is 17.5 Å². The maximum absolute atomic E-state index is 11.9. The molecule has 0 fully saturated rings. The standard InChI is InChI=1S/C11H17FN2O2S/c1-8-6-10(13)11(7-9(8)2)17(15,16)14-5-3-4-12/h6-7,14H,3-5,13H2,1-2H3. The highest BCUT2D eigenvalue weighted by Crippen LogP contribution is 2.22. The minimum atomic E-state index is -3.64. The lowest BCUT2D eigenvalue weighted by atomic mass is 10.1. The first-order valence-electron chi connectivity index (χ1n) is 5.31. The molecule has 0 spiro atoms. The molecule has 1 rings (SSSR count). The van der Waals surface area contributed by atoms with Gasteiger partial charge < -0.3 is 5.73 Å². The second kappa shape index (κ2) is 5.46. The number of sulfonamides is 1. The molecule has 1 aromatic rings. The van der Waals surface area contributed by atoms with Crippen molar-refractivity contribution in [2.24, 2.45) is 0 Å². The van der Waals surface area contributed by atoms with Crippen LogP contribution in [0.4, 0.5) is 10.1 Å². The van der Waals surface area contributed by atoms with Gasteiger partial charge in [-0.2, -0.15) is 0 Å². The van der Waals surface area contributed by atoms with Gasteiger partial charge in [-0.3, -0.25) is 4.39 Å². The Hall–Kier alpha value is -1.14. The van der Waals surface area contributed by atoms with Crippen LogP contribution < -0.4 is 10.5 Å². The Morgan fingerprint density at radius 3 is 2.47 bits per heavy atom. The Labute approximate surface area is 101 Å². The molecule has 0 aromatic heterocycles. The fourth-order valence-electron chi connectivity index (χ4n) is 1.40. The molecule has 0 aliphatic carbocycles. The molecule has 0 amide bonds. The molecule has 0 atom stereocenters. The predicted molar refractivity (Wildman–Crippen MR) is 66.1 cm³/mol. The first-order chi connectivity index (χ1) is 7.88. The van der Waals surface area contributed by atoms with E-state index in [0.717, 1.165) is 11.1 Å².